The van der Waals surface area contributed by atoms with E-state index in [-0.39, 0.29) is 5.91 Å². The monoisotopic (exact) mass is 255 g/mol. The van der Waals surface area contributed by atoms with Crippen molar-refractivity contribution >= 4 is 34.6 Å². The standard InChI is InChI=1S/C15H13NOS/c1-2-10-7-8-11(18-10)9-13-12-5-3-4-6-14(12)16-15(13)17/h3-9H,2H2,1H3,(H,16,17)/b13-9+. The lowest BCUT2D eigenvalue weighted by Crippen LogP contribution is -2.03. The quantitative estimate of drug-likeness (QED) is 0.812. The lowest BCUT2D eigenvalue weighted by molar-refractivity contribution is -0.110. The number of thiophene rings is 1. The molecule has 1 aliphatic rings. The molecule has 0 unspecified atom stereocenters. The highest BCUT2D eigenvalue weighted by Crippen LogP contribution is 2.33. The van der Waals surface area contributed by atoms with Crippen LogP contribution in [0.2, 0.25) is 0 Å². The molecular formula is C15H13NOS. The molecule has 1 amide bonds. The predicted molar refractivity (Wildman–Crippen MR) is 76.6 cm³/mol. The zero-order valence-electron chi connectivity index (χ0n) is 10.1. The van der Waals surface area contributed by atoms with E-state index in [9.17, 15) is 4.79 Å². The minimum atomic E-state index is -0.0114. The number of carbonyl (C=O) groups excluding carboxylic acids is 1. The number of hydrogen-bond acceptors (Lipinski definition) is 2. The summed E-state index contributed by atoms with van der Waals surface area (Å²) in [7, 11) is 0. The minimum absolute atomic E-state index is 0.0114. The van der Waals surface area contributed by atoms with Crippen molar-refractivity contribution in [2.45, 2.75) is 13.3 Å². The summed E-state index contributed by atoms with van der Waals surface area (Å²) in [5.41, 5.74) is 2.66. The molecule has 2 nitrogen and oxygen atoms in total. The fourth-order valence-electron chi connectivity index (χ4n) is 2.09. The molecule has 0 radical (unpaired) electrons. The van der Waals surface area contributed by atoms with Gasteiger partial charge in [-0.15, -0.1) is 11.3 Å². The number of fused-ring (bicyclic) bond motifs is 1. The van der Waals surface area contributed by atoms with Gasteiger partial charge < -0.3 is 5.32 Å². The maximum absolute atomic E-state index is 11.9. The summed E-state index contributed by atoms with van der Waals surface area (Å²) in [6.07, 6.45) is 3.02. The van der Waals surface area contributed by atoms with Crippen LogP contribution in [0.3, 0.4) is 0 Å². The van der Waals surface area contributed by atoms with Crippen molar-refractivity contribution in [3.8, 4) is 0 Å². The largest absolute Gasteiger partial charge is 0.321 e. The predicted octanol–water partition coefficient (Wildman–Crippen LogP) is 3.80. The van der Waals surface area contributed by atoms with Crippen molar-refractivity contribution in [3.05, 3.63) is 51.7 Å². The molecule has 0 atom stereocenters. The van der Waals surface area contributed by atoms with E-state index in [1.54, 1.807) is 11.3 Å². The average molecular weight is 255 g/mol. The molecule has 2 aromatic rings. The molecule has 90 valence electrons. The zero-order valence-corrected chi connectivity index (χ0v) is 10.9. The number of aryl methyl sites for hydroxylation is 1. The van der Waals surface area contributed by atoms with E-state index >= 15 is 0 Å². The van der Waals surface area contributed by atoms with Crippen molar-refractivity contribution in [1.29, 1.82) is 0 Å². The van der Waals surface area contributed by atoms with E-state index in [2.05, 4.69) is 24.4 Å². The van der Waals surface area contributed by atoms with Gasteiger partial charge in [0.25, 0.3) is 5.91 Å². The molecule has 0 saturated carbocycles. The Morgan fingerprint density at radius 3 is 2.83 bits per heavy atom. The molecule has 1 aliphatic heterocycles. The first-order valence-corrected chi connectivity index (χ1v) is 6.80. The van der Waals surface area contributed by atoms with Gasteiger partial charge in [0.1, 0.15) is 0 Å². The second-order valence-corrected chi connectivity index (χ2v) is 5.42. The summed E-state index contributed by atoms with van der Waals surface area (Å²) in [6.45, 7) is 2.14. The second-order valence-electron chi connectivity index (χ2n) is 4.22. The van der Waals surface area contributed by atoms with Crippen LogP contribution in [0.25, 0.3) is 11.6 Å². The summed E-state index contributed by atoms with van der Waals surface area (Å²) >= 11 is 1.74. The molecule has 3 heteroatoms. The first kappa shape index (κ1) is 11.2. The van der Waals surface area contributed by atoms with Gasteiger partial charge in [-0.25, -0.2) is 0 Å². The molecule has 2 heterocycles. The molecule has 3 rings (SSSR count). The summed E-state index contributed by atoms with van der Waals surface area (Å²) in [4.78, 5) is 14.4. The van der Waals surface area contributed by atoms with Gasteiger partial charge in [0.15, 0.2) is 0 Å². The van der Waals surface area contributed by atoms with Gasteiger partial charge in [-0.2, -0.15) is 0 Å². The maximum Gasteiger partial charge on any atom is 0.256 e. The molecule has 0 bridgehead atoms. The van der Waals surface area contributed by atoms with E-state index < -0.39 is 0 Å². The fraction of sp³-hybridized carbons (Fsp3) is 0.133. The Balaban J connectivity index is 2.04. The van der Waals surface area contributed by atoms with Gasteiger partial charge in [-0.1, -0.05) is 25.1 Å². The van der Waals surface area contributed by atoms with E-state index in [0.717, 1.165) is 28.1 Å². The molecule has 1 aromatic carbocycles. The number of carbonyl (C=O) groups is 1. The van der Waals surface area contributed by atoms with Crippen LogP contribution < -0.4 is 5.32 Å². The van der Waals surface area contributed by atoms with Crippen LogP contribution in [0.5, 0.6) is 0 Å². The highest BCUT2D eigenvalue weighted by Gasteiger charge is 2.23. The van der Waals surface area contributed by atoms with E-state index in [4.69, 9.17) is 0 Å². The van der Waals surface area contributed by atoms with Gasteiger partial charge in [-0.3, -0.25) is 4.79 Å². The Kier molecular flexibility index (Phi) is 2.76. The van der Waals surface area contributed by atoms with E-state index in [1.807, 2.05) is 30.3 Å². The van der Waals surface area contributed by atoms with Crippen molar-refractivity contribution in [1.82, 2.24) is 0 Å². The Morgan fingerprint density at radius 1 is 1.22 bits per heavy atom. The van der Waals surface area contributed by atoms with Gasteiger partial charge in [0.05, 0.1) is 5.57 Å². The van der Waals surface area contributed by atoms with E-state index in [1.165, 1.54) is 4.88 Å². The third-order valence-electron chi connectivity index (χ3n) is 3.03. The Bertz CT molecular complexity index is 639. The Hall–Kier alpha value is -1.87. The lowest BCUT2D eigenvalue weighted by Gasteiger charge is -1.95. The van der Waals surface area contributed by atoms with Crippen molar-refractivity contribution in [3.63, 3.8) is 0 Å². The van der Waals surface area contributed by atoms with Crippen LogP contribution >= 0.6 is 11.3 Å². The van der Waals surface area contributed by atoms with Crippen LogP contribution in [0.1, 0.15) is 22.2 Å². The van der Waals surface area contributed by atoms with Crippen molar-refractivity contribution in [2.75, 3.05) is 5.32 Å². The first-order chi connectivity index (χ1) is 8.78. The molecule has 0 aliphatic carbocycles. The number of para-hydroxylation sites is 1. The number of anilines is 1. The Labute approximate surface area is 110 Å². The molecule has 18 heavy (non-hydrogen) atoms. The van der Waals surface area contributed by atoms with E-state index in [0.29, 0.717) is 0 Å². The van der Waals surface area contributed by atoms with Crippen molar-refractivity contribution < 1.29 is 4.79 Å². The number of benzene rings is 1. The van der Waals surface area contributed by atoms with Gasteiger partial charge in [-0.05, 0) is 30.7 Å². The minimum Gasteiger partial charge on any atom is -0.321 e. The summed E-state index contributed by atoms with van der Waals surface area (Å²) in [5, 5.41) is 2.89. The number of rotatable bonds is 2. The second kappa shape index (κ2) is 4.42. The third-order valence-corrected chi connectivity index (χ3v) is 4.20. The third kappa shape index (κ3) is 1.87. The molecule has 0 spiro atoms. The highest BCUT2D eigenvalue weighted by atomic mass is 32.1. The molecule has 0 fully saturated rings. The first-order valence-electron chi connectivity index (χ1n) is 5.99. The maximum atomic E-state index is 11.9. The van der Waals surface area contributed by atoms with Crippen LogP contribution in [0.4, 0.5) is 5.69 Å². The summed E-state index contributed by atoms with van der Waals surface area (Å²) in [5.74, 6) is -0.0114. The normalized spacial score (nSPS) is 15.8. The van der Waals surface area contributed by atoms with Gasteiger partial charge in [0, 0.05) is 21.0 Å². The summed E-state index contributed by atoms with van der Waals surface area (Å²) in [6, 6.07) is 12.0. The van der Waals surface area contributed by atoms with Gasteiger partial charge in [0.2, 0.25) is 0 Å². The zero-order chi connectivity index (χ0) is 12.5. The van der Waals surface area contributed by atoms with Crippen LogP contribution in [-0.2, 0) is 11.2 Å². The van der Waals surface area contributed by atoms with Crippen LogP contribution in [0.15, 0.2) is 36.4 Å². The number of amides is 1. The average Bonchev–Trinajstić information content (AvgIpc) is 2.96. The molecule has 1 N–H and O–H groups in total. The molecule has 1 aromatic heterocycles. The molecular weight excluding hydrogens is 242 g/mol. The Morgan fingerprint density at radius 2 is 2.06 bits per heavy atom. The SMILES string of the molecule is CCc1ccc(/C=C2/C(=O)Nc3ccccc32)s1. The number of hydrogen-bond donors (Lipinski definition) is 1. The lowest BCUT2D eigenvalue weighted by atomic mass is 10.1. The topological polar surface area (TPSA) is 29.1 Å². The highest BCUT2D eigenvalue weighted by molar-refractivity contribution is 7.13. The summed E-state index contributed by atoms with van der Waals surface area (Å²) < 4.78 is 0. The van der Waals surface area contributed by atoms with Gasteiger partial charge >= 0.3 is 0 Å². The molecule has 0 saturated heterocycles. The van der Waals surface area contributed by atoms with Crippen LogP contribution in [-0.4, -0.2) is 5.91 Å². The van der Waals surface area contributed by atoms with Crippen LogP contribution in [0, 0.1) is 0 Å². The smallest absolute Gasteiger partial charge is 0.256 e. The fourth-order valence-corrected chi connectivity index (χ4v) is 2.98. The number of nitrogens with one attached hydrogen (secondary N) is 1. The van der Waals surface area contributed by atoms with Crippen molar-refractivity contribution in [2.24, 2.45) is 0 Å².